The first-order valence-corrected chi connectivity index (χ1v) is 9.81. The summed E-state index contributed by atoms with van der Waals surface area (Å²) in [4.78, 5) is 22.9. The van der Waals surface area contributed by atoms with E-state index in [9.17, 15) is 9.59 Å². The summed E-state index contributed by atoms with van der Waals surface area (Å²) in [5.74, 6) is 0.856. The van der Waals surface area contributed by atoms with Gasteiger partial charge in [-0.2, -0.15) is 0 Å². The summed E-state index contributed by atoms with van der Waals surface area (Å²) in [5.41, 5.74) is 6.99. The van der Waals surface area contributed by atoms with Gasteiger partial charge in [-0.15, -0.1) is 10.2 Å². The van der Waals surface area contributed by atoms with Crippen LogP contribution in [0.5, 0.6) is 0 Å². The van der Waals surface area contributed by atoms with Gasteiger partial charge in [-0.05, 0) is 37.1 Å². The number of nitrogens with zero attached hydrogens (tertiary/aromatic N) is 3. The van der Waals surface area contributed by atoms with Crippen LogP contribution in [0.15, 0.2) is 32.6 Å². The second-order valence-electron chi connectivity index (χ2n) is 6.09. The SMILES string of the molecule is CCn1c(CCC(N)=O)nnc1SCc1cc(=O)oc2cc(C)c(Cl)cc12. The molecule has 3 aromatic rings. The predicted octanol–water partition coefficient (Wildman–Crippen LogP) is 3.08. The molecule has 2 N–H and O–H groups in total. The number of benzene rings is 1. The van der Waals surface area contributed by atoms with Gasteiger partial charge in [-0.1, -0.05) is 23.4 Å². The highest BCUT2D eigenvalue weighted by molar-refractivity contribution is 7.98. The zero-order valence-electron chi connectivity index (χ0n) is 15.0. The maximum absolute atomic E-state index is 11.9. The maximum atomic E-state index is 11.9. The smallest absolute Gasteiger partial charge is 0.336 e. The van der Waals surface area contributed by atoms with Crippen molar-refractivity contribution in [3.8, 4) is 0 Å². The number of nitrogens with two attached hydrogens (primary N) is 1. The molecule has 7 nitrogen and oxygen atoms in total. The molecule has 1 amide bonds. The summed E-state index contributed by atoms with van der Waals surface area (Å²) in [6.45, 7) is 4.52. The Morgan fingerprint density at radius 1 is 1.33 bits per heavy atom. The Kier molecular flexibility index (Phi) is 5.86. The van der Waals surface area contributed by atoms with Crippen LogP contribution in [0.25, 0.3) is 11.0 Å². The Morgan fingerprint density at radius 2 is 2.11 bits per heavy atom. The molecule has 0 radical (unpaired) electrons. The van der Waals surface area contributed by atoms with E-state index in [1.807, 2.05) is 24.5 Å². The summed E-state index contributed by atoms with van der Waals surface area (Å²) < 4.78 is 7.24. The molecule has 2 heterocycles. The number of primary amides is 1. The highest BCUT2D eigenvalue weighted by atomic mass is 35.5. The molecule has 0 fully saturated rings. The van der Waals surface area contributed by atoms with Gasteiger partial charge < -0.3 is 14.7 Å². The van der Waals surface area contributed by atoms with E-state index in [1.54, 1.807) is 6.07 Å². The fraction of sp³-hybridized carbons (Fsp3) is 0.333. The van der Waals surface area contributed by atoms with Gasteiger partial charge in [-0.3, -0.25) is 4.79 Å². The van der Waals surface area contributed by atoms with Crippen molar-refractivity contribution in [2.45, 2.75) is 44.1 Å². The average Bonchev–Trinajstić information content (AvgIpc) is 3.01. The molecule has 3 rings (SSSR count). The molecule has 0 atom stereocenters. The molecule has 0 aliphatic carbocycles. The number of carbonyl (C=O) groups is 1. The lowest BCUT2D eigenvalue weighted by Gasteiger charge is -2.09. The number of fused-ring (bicyclic) bond motifs is 1. The van der Waals surface area contributed by atoms with Crippen molar-refractivity contribution in [2.24, 2.45) is 5.73 Å². The van der Waals surface area contributed by atoms with E-state index in [-0.39, 0.29) is 12.3 Å². The molecule has 9 heteroatoms. The van der Waals surface area contributed by atoms with Crippen molar-refractivity contribution < 1.29 is 9.21 Å². The van der Waals surface area contributed by atoms with Gasteiger partial charge >= 0.3 is 5.63 Å². The van der Waals surface area contributed by atoms with Crippen LogP contribution in [0.2, 0.25) is 5.02 Å². The van der Waals surface area contributed by atoms with E-state index in [1.165, 1.54) is 17.8 Å². The van der Waals surface area contributed by atoms with Gasteiger partial charge in [0.1, 0.15) is 11.4 Å². The molecule has 0 spiro atoms. The molecule has 2 aromatic heterocycles. The molecule has 0 bridgehead atoms. The van der Waals surface area contributed by atoms with Crippen LogP contribution in [0.4, 0.5) is 0 Å². The first-order chi connectivity index (χ1) is 12.9. The molecule has 1 aromatic carbocycles. The van der Waals surface area contributed by atoms with E-state index in [4.69, 9.17) is 21.8 Å². The van der Waals surface area contributed by atoms with E-state index in [2.05, 4.69) is 10.2 Å². The van der Waals surface area contributed by atoms with Gasteiger partial charge in [0.15, 0.2) is 5.16 Å². The molecular weight excluding hydrogens is 388 g/mol. The fourth-order valence-corrected chi connectivity index (χ4v) is 3.95. The summed E-state index contributed by atoms with van der Waals surface area (Å²) in [7, 11) is 0. The zero-order valence-corrected chi connectivity index (χ0v) is 16.6. The minimum atomic E-state index is -0.404. The molecule has 0 aliphatic rings. The molecular formula is C18H19ClN4O3S. The number of hydrogen-bond donors (Lipinski definition) is 1. The normalized spacial score (nSPS) is 11.2. The van der Waals surface area contributed by atoms with Crippen LogP contribution in [0, 0.1) is 6.92 Å². The van der Waals surface area contributed by atoms with Crippen LogP contribution in [-0.4, -0.2) is 20.7 Å². The third-order valence-electron chi connectivity index (χ3n) is 4.17. The number of amides is 1. The molecule has 0 saturated heterocycles. The Balaban J connectivity index is 1.88. The van der Waals surface area contributed by atoms with Crippen LogP contribution in [0.3, 0.4) is 0 Å². The number of aromatic nitrogens is 3. The standard InChI is InChI=1S/C18H19ClN4O3S/c1-3-23-16(5-4-15(20)24)21-22-18(23)27-9-11-7-17(25)26-14-6-10(2)13(19)8-12(11)14/h6-8H,3-5,9H2,1-2H3,(H2,20,24). The molecule has 142 valence electrons. The second kappa shape index (κ2) is 8.14. The van der Waals surface area contributed by atoms with Crippen molar-refractivity contribution in [1.29, 1.82) is 0 Å². The van der Waals surface area contributed by atoms with Crippen molar-refractivity contribution in [3.05, 3.63) is 50.6 Å². The van der Waals surface area contributed by atoms with Crippen molar-refractivity contribution in [2.75, 3.05) is 0 Å². The largest absolute Gasteiger partial charge is 0.423 e. The summed E-state index contributed by atoms with van der Waals surface area (Å²) >= 11 is 7.70. The van der Waals surface area contributed by atoms with Crippen molar-refractivity contribution in [3.63, 3.8) is 0 Å². The fourth-order valence-electron chi connectivity index (χ4n) is 2.77. The number of carbonyl (C=O) groups excluding carboxylic acids is 1. The highest BCUT2D eigenvalue weighted by Gasteiger charge is 2.14. The summed E-state index contributed by atoms with van der Waals surface area (Å²) in [5, 5.41) is 10.5. The predicted molar refractivity (Wildman–Crippen MR) is 105 cm³/mol. The Labute approximate surface area is 164 Å². The molecule has 0 aliphatic heterocycles. The molecule has 0 unspecified atom stereocenters. The first-order valence-electron chi connectivity index (χ1n) is 8.45. The summed E-state index contributed by atoms with van der Waals surface area (Å²) in [6.07, 6.45) is 0.675. The first kappa shape index (κ1) is 19.4. The zero-order chi connectivity index (χ0) is 19.6. The highest BCUT2D eigenvalue weighted by Crippen LogP contribution is 2.29. The van der Waals surface area contributed by atoms with Gasteiger partial charge in [0.05, 0.1) is 0 Å². The maximum Gasteiger partial charge on any atom is 0.336 e. The molecule has 0 saturated carbocycles. The Hall–Kier alpha value is -2.32. The second-order valence-corrected chi connectivity index (χ2v) is 7.44. The van der Waals surface area contributed by atoms with E-state index in [0.29, 0.717) is 29.3 Å². The Morgan fingerprint density at radius 3 is 2.81 bits per heavy atom. The quantitative estimate of drug-likeness (QED) is 0.477. The van der Waals surface area contributed by atoms with E-state index >= 15 is 0 Å². The van der Waals surface area contributed by atoms with Crippen LogP contribution in [0.1, 0.15) is 30.3 Å². The Bertz CT molecular complexity index is 1060. The van der Waals surface area contributed by atoms with Crippen LogP contribution >= 0.6 is 23.4 Å². The van der Waals surface area contributed by atoms with Crippen molar-refractivity contribution in [1.82, 2.24) is 14.8 Å². The minimum absolute atomic E-state index is 0.227. The topological polar surface area (TPSA) is 104 Å². The number of hydrogen-bond acceptors (Lipinski definition) is 6. The van der Waals surface area contributed by atoms with Crippen molar-refractivity contribution >= 4 is 40.2 Å². The van der Waals surface area contributed by atoms with Gasteiger partial charge in [0, 0.05) is 41.6 Å². The average molecular weight is 407 g/mol. The number of halogens is 1. The third kappa shape index (κ3) is 4.33. The molecule has 27 heavy (non-hydrogen) atoms. The lowest BCUT2D eigenvalue weighted by molar-refractivity contribution is -0.118. The third-order valence-corrected chi connectivity index (χ3v) is 5.59. The number of rotatable bonds is 7. The number of aryl methyl sites for hydroxylation is 2. The van der Waals surface area contributed by atoms with Gasteiger partial charge in [0.25, 0.3) is 0 Å². The monoisotopic (exact) mass is 406 g/mol. The lowest BCUT2D eigenvalue weighted by Crippen LogP contribution is -2.13. The van der Waals surface area contributed by atoms with E-state index in [0.717, 1.165) is 27.5 Å². The number of thioether (sulfide) groups is 1. The van der Waals surface area contributed by atoms with Gasteiger partial charge in [-0.25, -0.2) is 4.79 Å². The minimum Gasteiger partial charge on any atom is -0.423 e. The van der Waals surface area contributed by atoms with E-state index < -0.39 is 5.63 Å². The van der Waals surface area contributed by atoms with Crippen LogP contribution in [-0.2, 0) is 23.5 Å². The lowest BCUT2D eigenvalue weighted by atomic mass is 10.1. The van der Waals surface area contributed by atoms with Crippen LogP contribution < -0.4 is 11.4 Å². The van der Waals surface area contributed by atoms with Gasteiger partial charge in [0.2, 0.25) is 5.91 Å². The summed E-state index contributed by atoms with van der Waals surface area (Å²) in [6, 6.07) is 5.05.